The summed E-state index contributed by atoms with van der Waals surface area (Å²) in [6.07, 6.45) is 1.72. The molecule has 134 valence electrons. The summed E-state index contributed by atoms with van der Waals surface area (Å²) in [6.45, 7) is 8.03. The van der Waals surface area contributed by atoms with Crippen molar-refractivity contribution < 1.29 is 13.2 Å². The van der Waals surface area contributed by atoms with Crippen LogP contribution >= 0.6 is 11.6 Å². The molecule has 0 bridgehead atoms. The normalized spacial score (nSPS) is 17.0. The minimum atomic E-state index is -3.59. The molecule has 1 aromatic carbocycles. The van der Waals surface area contributed by atoms with E-state index in [1.807, 2.05) is 13.8 Å². The van der Waals surface area contributed by atoms with Crippen molar-refractivity contribution in [3.05, 3.63) is 28.8 Å². The quantitative estimate of drug-likeness (QED) is 0.797. The third-order valence-corrected chi connectivity index (χ3v) is 6.82. The van der Waals surface area contributed by atoms with Crippen molar-refractivity contribution in [1.29, 1.82) is 0 Å². The maximum Gasteiger partial charge on any atom is 0.255 e. The van der Waals surface area contributed by atoms with Crippen LogP contribution in [0.1, 0.15) is 44.0 Å². The highest BCUT2D eigenvalue weighted by molar-refractivity contribution is 7.89. The summed E-state index contributed by atoms with van der Waals surface area (Å²) >= 11 is 6.15. The van der Waals surface area contributed by atoms with Crippen molar-refractivity contribution in [3.63, 3.8) is 0 Å². The van der Waals surface area contributed by atoms with Gasteiger partial charge in [0, 0.05) is 26.2 Å². The summed E-state index contributed by atoms with van der Waals surface area (Å²) in [4.78, 5) is 14.3. The summed E-state index contributed by atoms with van der Waals surface area (Å²) in [7, 11) is -3.59. The summed E-state index contributed by atoms with van der Waals surface area (Å²) in [5.74, 6) is 0.302. The smallest absolute Gasteiger partial charge is 0.255 e. The lowest BCUT2D eigenvalue weighted by atomic mass is 10.0. The topological polar surface area (TPSA) is 57.7 Å². The van der Waals surface area contributed by atoms with Gasteiger partial charge in [0.2, 0.25) is 10.0 Å². The van der Waals surface area contributed by atoms with Gasteiger partial charge in [-0.15, -0.1) is 0 Å². The van der Waals surface area contributed by atoms with Crippen LogP contribution in [0.15, 0.2) is 23.1 Å². The highest BCUT2D eigenvalue weighted by atomic mass is 35.5. The number of amides is 1. The van der Waals surface area contributed by atoms with Gasteiger partial charge in [0.1, 0.15) is 0 Å². The largest absolute Gasteiger partial charge is 0.339 e. The minimum Gasteiger partial charge on any atom is -0.339 e. The third kappa shape index (κ3) is 3.92. The van der Waals surface area contributed by atoms with Crippen LogP contribution in [-0.2, 0) is 10.0 Å². The number of hydrogen-bond donors (Lipinski definition) is 0. The van der Waals surface area contributed by atoms with Crippen molar-refractivity contribution >= 4 is 27.5 Å². The van der Waals surface area contributed by atoms with Crippen LogP contribution < -0.4 is 0 Å². The molecule has 1 aliphatic heterocycles. The molecule has 1 aromatic rings. The van der Waals surface area contributed by atoms with Crippen molar-refractivity contribution in [1.82, 2.24) is 9.21 Å². The molecular formula is C17H25ClN2O3S. The van der Waals surface area contributed by atoms with Crippen molar-refractivity contribution in [2.24, 2.45) is 5.92 Å². The zero-order chi connectivity index (χ0) is 17.9. The van der Waals surface area contributed by atoms with Gasteiger partial charge in [-0.1, -0.05) is 18.5 Å². The van der Waals surface area contributed by atoms with E-state index < -0.39 is 10.0 Å². The van der Waals surface area contributed by atoms with Crippen molar-refractivity contribution in [2.45, 2.75) is 38.5 Å². The van der Waals surface area contributed by atoms with Crippen LogP contribution in [0.2, 0.25) is 5.02 Å². The Morgan fingerprint density at radius 3 is 2.38 bits per heavy atom. The number of halogens is 1. The molecule has 1 heterocycles. The Morgan fingerprint density at radius 1 is 1.25 bits per heavy atom. The first-order chi connectivity index (χ1) is 11.3. The monoisotopic (exact) mass is 372 g/mol. The SMILES string of the molecule is CCN(CC)C(=O)c1cc(S(=O)(=O)N2CCC(C)CC2)ccc1Cl. The fraction of sp³-hybridized carbons (Fsp3) is 0.588. The van der Waals surface area contributed by atoms with Gasteiger partial charge in [-0.05, 0) is 50.8 Å². The van der Waals surface area contributed by atoms with E-state index in [4.69, 9.17) is 11.6 Å². The van der Waals surface area contributed by atoms with Crippen molar-refractivity contribution in [2.75, 3.05) is 26.2 Å². The molecule has 0 atom stereocenters. The highest BCUT2D eigenvalue weighted by Gasteiger charge is 2.29. The molecule has 0 aliphatic carbocycles. The lowest BCUT2D eigenvalue weighted by molar-refractivity contribution is 0.0773. The Morgan fingerprint density at radius 2 is 1.83 bits per heavy atom. The first kappa shape index (κ1) is 19.2. The lowest BCUT2D eigenvalue weighted by Crippen LogP contribution is -2.38. The highest BCUT2D eigenvalue weighted by Crippen LogP contribution is 2.27. The number of carbonyl (C=O) groups is 1. The number of nitrogens with zero attached hydrogens (tertiary/aromatic N) is 2. The van der Waals surface area contributed by atoms with E-state index in [-0.39, 0.29) is 21.4 Å². The second-order valence-corrected chi connectivity index (χ2v) is 8.55. The molecule has 1 fully saturated rings. The van der Waals surface area contributed by atoms with Gasteiger partial charge in [0.15, 0.2) is 0 Å². The van der Waals surface area contributed by atoms with Gasteiger partial charge >= 0.3 is 0 Å². The zero-order valence-electron chi connectivity index (χ0n) is 14.5. The number of carbonyl (C=O) groups excluding carboxylic acids is 1. The summed E-state index contributed by atoms with van der Waals surface area (Å²) < 4.78 is 27.2. The van der Waals surface area contributed by atoms with E-state index in [2.05, 4.69) is 6.92 Å². The summed E-state index contributed by atoms with van der Waals surface area (Å²) in [5.41, 5.74) is 0.242. The number of benzene rings is 1. The van der Waals surface area contributed by atoms with Gasteiger partial charge in [-0.25, -0.2) is 8.42 Å². The molecule has 2 rings (SSSR count). The molecule has 0 spiro atoms. The Bertz CT molecular complexity index is 694. The average Bonchev–Trinajstić information content (AvgIpc) is 2.56. The predicted octanol–water partition coefficient (Wildman–Crippen LogP) is 3.24. The number of sulfonamides is 1. The Hall–Kier alpha value is -1.11. The molecular weight excluding hydrogens is 348 g/mol. The Labute approximate surface area is 149 Å². The van der Waals surface area contributed by atoms with Crippen LogP contribution in [0.25, 0.3) is 0 Å². The molecule has 1 aliphatic rings. The second-order valence-electron chi connectivity index (χ2n) is 6.21. The van der Waals surface area contributed by atoms with E-state index in [1.54, 1.807) is 4.90 Å². The van der Waals surface area contributed by atoms with Gasteiger partial charge in [-0.2, -0.15) is 4.31 Å². The van der Waals surface area contributed by atoms with Crippen LogP contribution in [0, 0.1) is 5.92 Å². The van der Waals surface area contributed by atoms with Crippen LogP contribution in [0.3, 0.4) is 0 Å². The molecule has 0 N–H and O–H groups in total. The molecule has 7 heteroatoms. The maximum absolute atomic E-state index is 12.8. The minimum absolute atomic E-state index is 0.136. The van der Waals surface area contributed by atoms with Crippen molar-refractivity contribution in [3.8, 4) is 0 Å². The first-order valence-corrected chi connectivity index (χ1v) is 10.2. The average molecular weight is 373 g/mol. The number of piperidine rings is 1. The van der Waals surface area contributed by atoms with Gasteiger partial charge < -0.3 is 4.90 Å². The lowest BCUT2D eigenvalue weighted by Gasteiger charge is -2.29. The van der Waals surface area contributed by atoms with E-state index in [0.717, 1.165) is 12.8 Å². The van der Waals surface area contributed by atoms with Crippen LogP contribution in [0.5, 0.6) is 0 Å². The molecule has 0 unspecified atom stereocenters. The second kappa shape index (κ2) is 7.85. The van der Waals surface area contributed by atoms with E-state index in [9.17, 15) is 13.2 Å². The van der Waals surface area contributed by atoms with Gasteiger partial charge in [0.25, 0.3) is 5.91 Å². The molecule has 5 nitrogen and oxygen atoms in total. The fourth-order valence-corrected chi connectivity index (χ4v) is 4.58. The third-order valence-electron chi connectivity index (χ3n) is 4.60. The van der Waals surface area contributed by atoms with E-state index >= 15 is 0 Å². The standard InChI is InChI=1S/C17H25ClN2O3S/c1-4-19(5-2)17(21)15-12-14(6-7-16(15)18)24(22,23)20-10-8-13(3)9-11-20/h6-7,12-13H,4-5,8-11H2,1-3H3. The van der Waals surface area contributed by atoms with Gasteiger partial charge in [0.05, 0.1) is 15.5 Å². The molecule has 0 saturated carbocycles. The first-order valence-electron chi connectivity index (χ1n) is 8.40. The molecule has 0 aromatic heterocycles. The Balaban J connectivity index is 2.35. The predicted molar refractivity (Wildman–Crippen MR) is 95.9 cm³/mol. The molecule has 1 amide bonds. The van der Waals surface area contributed by atoms with Gasteiger partial charge in [-0.3, -0.25) is 4.79 Å². The molecule has 1 saturated heterocycles. The zero-order valence-corrected chi connectivity index (χ0v) is 16.0. The molecule has 24 heavy (non-hydrogen) atoms. The Kier molecular flexibility index (Phi) is 6.28. The number of hydrogen-bond acceptors (Lipinski definition) is 3. The molecule has 0 radical (unpaired) electrons. The summed E-state index contributed by atoms with van der Waals surface area (Å²) in [5, 5.41) is 0.276. The van der Waals surface area contributed by atoms with E-state index in [1.165, 1.54) is 22.5 Å². The fourth-order valence-electron chi connectivity index (χ4n) is 2.88. The number of rotatable bonds is 5. The summed E-state index contributed by atoms with van der Waals surface area (Å²) in [6, 6.07) is 4.39. The van der Waals surface area contributed by atoms with E-state index in [0.29, 0.717) is 32.1 Å². The van der Waals surface area contributed by atoms with Crippen LogP contribution in [-0.4, -0.2) is 49.7 Å². The maximum atomic E-state index is 12.8. The van der Waals surface area contributed by atoms with Crippen LogP contribution in [0.4, 0.5) is 0 Å².